The van der Waals surface area contributed by atoms with Crippen molar-refractivity contribution in [3.63, 3.8) is 0 Å². The van der Waals surface area contributed by atoms with Crippen LogP contribution in [-0.4, -0.2) is 37.5 Å². The van der Waals surface area contributed by atoms with Crippen LogP contribution in [0.4, 0.5) is 0 Å². The first-order chi connectivity index (χ1) is 7.27. The first-order valence-corrected chi connectivity index (χ1v) is 5.81. The maximum atomic E-state index is 11.8. The Balaban J connectivity index is 0. The molecule has 0 aromatic carbocycles. The van der Waals surface area contributed by atoms with Crippen LogP contribution >= 0.6 is 24.8 Å². The van der Waals surface area contributed by atoms with E-state index in [4.69, 9.17) is 0 Å². The third-order valence-electron chi connectivity index (χ3n) is 2.93. The number of allylic oxidation sites excluding steroid dienone is 1. The number of rotatable bonds is 5. The number of hydrogen-bond donors (Lipinski definition) is 1. The van der Waals surface area contributed by atoms with Crippen molar-refractivity contribution in [2.24, 2.45) is 5.92 Å². The van der Waals surface area contributed by atoms with E-state index in [1.165, 1.54) is 6.42 Å². The Bertz CT molecular complexity index is 223. The van der Waals surface area contributed by atoms with E-state index in [-0.39, 0.29) is 30.7 Å². The summed E-state index contributed by atoms with van der Waals surface area (Å²) in [5.74, 6) is 0.923. The number of halogens is 2. The molecule has 1 rings (SSSR count). The van der Waals surface area contributed by atoms with Gasteiger partial charge in [0.1, 0.15) is 0 Å². The van der Waals surface area contributed by atoms with Crippen LogP contribution in [0.2, 0.25) is 0 Å². The zero-order valence-electron chi connectivity index (χ0n) is 10.5. The normalized spacial score (nSPS) is 18.9. The fourth-order valence-corrected chi connectivity index (χ4v) is 2.13. The summed E-state index contributed by atoms with van der Waals surface area (Å²) in [4.78, 5) is 13.8. The molecule has 0 aromatic rings. The number of amides is 1. The highest BCUT2D eigenvalue weighted by molar-refractivity contribution is 5.85. The minimum Gasteiger partial charge on any atom is -0.342 e. The van der Waals surface area contributed by atoms with Crippen LogP contribution in [0, 0.1) is 5.92 Å². The zero-order valence-corrected chi connectivity index (χ0v) is 12.1. The average molecular weight is 283 g/mol. The predicted molar refractivity (Wildman–Crippen MR) is 77.2 cm³/mol. The molecule has 3 nitrogen and oxygen atoms in total. The first-order valence-electron chi connectivity index (χ1n) is 5.81. The lowest BCUT2D eigenvalue weighted by molar-refractivity contribution is -0.132. The van der Waals surface area contributed by atoms with E-state index in [9.17, 15) is 4.79 Å². The molecule has 1 fully saturated rings. The van der Waals surface area contributed by atoms with E-state index >= 15 is 0 Å². The van der Waals surface area contributed by atoms with Crippen LogP contribution in [0.3, 0.4) is 0 Å². The van der Waals surface area contributed by atoms with Gasteiger partial charge in [0.2, 0.25) is 5.91 Å². The minimum absolute atomic E-state index is 0. The van der Waals surface area contributed by atoms with Gasteiger partial charge in [-0.3, -0.25) is 4.79 Å². The Morgan fingerprint density at radius 1 is 1.53 bits per heavy atom. The summed E-state index contributed by atoms with van der Waals surface area (Å²) in [5.41, 5.74) is 0. The maximum Gasteiger partial charge on any atom is 0.222 e. The number of carbonyl (C=O) groups excluding carboxylic acids is 1. The molecule has 1 N–H and O–H groups in total. The van der Waals surface area contributed by atoms with Gasteiger partial charge < -0.3 is 10.2 Å². The van der Waals surface area contributed by atoms with Crippen molar-refractivity contribution >= 4 is 30.7 Å². The van der Waals surface area contributed by atoms with E-state index < -0.39 is 0 Å². The molecule has 0 aromatic heterocycles. The van der Waals surface area contributed by atoms with Crippen molar-refractivity contribution in [3.05, 3.63) is 12.7 Å². The number of nitrogens with one attached hydrogen (secondary N) is 1. The Labute approximate surface area is 117 Å². The number of carbonyl (C=O) groups is 1. The summed E-state index contributed by atoms with van der Waals surface area (Å²) in [7, 11) is 1.97. The molecular formula is C12H24Cl2N2O. The fourth-order valence-electron chi connectivity index (χ4n) is 2.13. The van der Waals surface area contributed by atoms with Crippen LogP contribution in [0.5, 0.6) is 0 Å². The molecule has 1 heterocycles. The fraction of sp³-hybridized carbons (Fsp3) is 0.750. The van der Waals surface area contributed by atoms with Gasteiger partial charge in [-0.1, -0.05) is 6.08 Å². The van der Waals surface area contributed by atoms with Gasteiger partial charge in [-0.15, -0.1) is 31.4 Å². The SMILES string of the molecule is C=CCCC(=O)N1CCCC(CNC)C1.Cl.Cl. The average Bonchev–Trinajstić information content (AvgIpc) is 2.27. The largest absolute Gasteiger partial charge is 0.342 e. The molecule has 0 saturated carbocycles. The highest BCUT2D eigenvalue weighted by Gasteiger charge is 2.22. The molecule has 102 valence electrons. The lowest BCUT2D eigenvalue weighted by Crippen LogP contribution is -2.42. The van der Waals surface area contributed by atoms with Gasteiger partial charge in [0.25, 0.3) is 0 Å². The number of likely N-dealkylation sites (tertiary alicyclic amines) is 1. The van der Waals surface area contributed by atoms with E-state index in [2.05, 4.69) is 11.9 Å². The van der Waals surface area contributed by atoms with E-state index in [1.54, 1.807) is 0 Å². The summed E-state index contributed by atoms with van der Waals surface area (Å²) >= 11 is 0. The third kappa shape index (κ3) is 6.92. The molecule has 0 aliphatic carbocycles. The van der Waals surface area contributed by atoms with Gasteiger partial charge in [-0.2, -0.15) is 0 Å². The standard InChI is InChI=1S/C12H22N2O.2ClH/c1-3-4-7-12(15)14-8-5-6-11(10-14)9-13-2;;/h3,11,13H,1,4-10H2,2H3;2*1H. The van der Waals surface area contributed by atoms with Crippen molar-refractivity contribution < 1.29 is 4.79 Å². The summed E-state index contributed by atoms with van der Waals surface area (Å²) in [6, 6.07) is 0. The molecule has 17 heavy (non-hydrogen) atoms. The van der Waals surface area contributed by atoms with E-state index in [1.807, 2.05) is 18.0 Å². The number of piperidine rings is 1. The molecule has 1 atom stereocenters. The molecular weight excluding hydrogens is 259 g/mol. The monoisotopic (exact) mass is 282 g/mol. The second-order valence-electron chi connectivity index (χ2n) is 4.23. The van der Waals surface area contributed by atoms with E-state index in [0.717, 1.165) is 32.5 Å². The Hall–Kier alpha value is -0.250. The predicted octanol–water partition coefficient (Wildman–Crippen LogP) is 2.25. The smallest absolute Gasteiger partial charge is 0.222 e. The van der Waals surface area contributed by atoms with Crippen molar-refractivity contribution in [1.82, 2.24) is 10.2 Å². The lowest BCUT2D eigenvalue weighted by Gasteiger charge is -2.32. The molecule has 1 saturated heterocycles. The van der Waals surface area contributed by atoms with Crippen molar-refractivity contribution in [1.29, 1.82) is 0 Å². The highest BCUT2D eigenvalue weighted by Crippen LogP contribution is 2.16. The Morgan fingerprint density at radius 2 is 2.24 bits per heavy atom. The second kappa shape index (κ2) is 10.9. The van der Waals surface area contributed by atoms with Gasteiger partial charge >= 0.3 is 0 Å². The summed E-state index contributed by atoms with van der Waals surface area (Å²) < 4.78 is 0. The second-order valence-corrected chi connectivity index (χ2v) is 4.23. The van der Waals surface area contributed by atoms with Gasteiger partial charge in [0, 0.05) is 19.5 Å². The Kier molecular flexibility index (Phi) is 12.2. The van der Waals surface area contributed by atoms with E-state index in [0.29, 0.717) is 12.3 Å². The molecule has 5 heteroatoms. The van der Waals surface area contributed by atoms with Crippen molar-refractivity contribution in [2.75, 3.05) is 26.7 Å². The van der Waals surface area contributed by atoms with Gasteiger partial charge in [-0.25, -0.2) is 0 Å². The summed E-state index contributed by atoms with van der Waals surface area (Å²) in [6.45, 7) is 6.53. The van der Waals surface area contributed by atoms with Crippen LogP contribution in [0.15, 0.2) is 12.7 Å². The number of hydrogen-bond acceptors (Lipinski definition) is 2. The third-order valence-corrected chi connectivity index (χ3v) is 2.93. The van der Waals surface area contributed by atoms with Crippen LogP contribution in [-0.2, 0) is 4.79 Å². The Morgan fingerprint density at radius 3 is 2.82 bits per heavy atom. The molecule has 0 spiro atoms. The van der Waals surface area contributed by atoms with Crippen LogP contribution in [0.1, 0.15) is 25.7 Å². The first kappa shape index (κ1) is 19.1. The van der Waals surface area contributed by atoms with Gasteiger partial charge in [-0.05, 0) is 38.8 Å². The summed E-state index contributed by atoms with van der Waals surface area (Å²) in [5, 5.41) is 3.19. The quantitative estimate of drug-likeness (QED) is 0.785. The lowest BCUT2D eigenvalue weighted by atomic mass is 9.97. The molecule has 0 bridgehead atoms. The van der Waals surface area contributed by atoms with Gasteiger partial charge in [0.15, 0.2) is 0 Å². The zero-order chi connectivity index (χ0) is 11.1. The molecule has 0 radical (unpaired) electrons. The maximum absolute atomic E-state index is 11.8. The number of nitrogens with zero attached hydrogens (tertiary/aromatic N) is 1. The van der Waals surface area contributed by atoms with Crippen LogP contribution < -0.4 is 5.32 Å². The van der Waals surface area contributed by atoms with Crippen LogP contribution in [0.25, 0.3) is 0 Å². The van der Waals surface area contributed by atoms with Crippen molar-refractivity contribution in [3.8, 4) is 0 Å². The van der Waals surface area contributed by atoms with Gasteiger partial charge in [0.05, 0.1) is 0 Å². The molecule has 1 unspecified atom stereocenters. The van der Waals surface area contributed by atoms with Crippen molar-refractivity contribution in [2.45, 2.75) is 25.7 Å². The topological polar surface area (TPSA) is 32.3 Å². The summed E-state index contributed by atoms with van der Waals surface area (Å²) in [6.07, 6.45) is 5.62. The molecule has 1 aliphatic rings. The molecule has 1 aliphatic heterocycles. The highest BCUT2D eigenvalue weighted by atomic mass is 35.5. The molecule has 1 amide bonds. The minimum atomic E-state index is 0.